The van der Waals surface area contributed by atoms with Crippen molar-refractivity contribution in [2.45, 2.75) is 25.4 Å². The first-order chi connectivity index (χ1) is 9.22. The standard InChI is InChI=1S/C13H16N2O4/c16-10-4-12-11(18-7-19-12)3-8(10)5-14-6-9-1-2-13(17)15-9/h3-4,9,14,16H,1-2,5-7H2,(H,15,17). The van der Waals surface area contributed by atoms with Crippen molar-refractivity contribution in [2.75, 3.05) is 13.3 Å². The molecule has 1 amide bonds. The van der Waals surface area contributed by atoms with Gasteiger partial charge in [-0.15, -0.1) is 0 Å². The number of phenolic OH excluding ortho intramolecular Hbond substituents is 1. The van der Waals surface area contributed by atoms with E-state index in [9.17, 15) is 9.90 Å². The molecular formula is C13H16N2O4. The molecule has 1 aromatic rings. The minimum Gasteiger partial charge on any atom is -0.507 e. The Bertz CT molecular complexity index is 504. The van der Waals surface area contributed by atoms with Crippen molar-refractivity contribution in [2.24, 2.45) is 0 Å². The summed E-state index contributed by atoms with van der Waals surface area (Å²) in [4.78, 5) is 11.1. The maximum atomic E-state index is 11.1. The average Bonchev–Trinajstić information content (AvgIpc) is 2.98. The van der Waals surface area contributed by atoms with Crippen LogP contribution in [-0.4, -0.2) is 30.4 Å². The second-order valence-electron chi connectivity index (χ2n) is 4.77. The molecule has 1 unspecified atom stereocenters. The number of benzene rings is 1. The number of aromatic hydroxyl groups is 1. The summed E-state index contributed by atoms with van der Waals surface area (Å²) in [6.07, 6.45) is 1.46. The number of amides is 1. The Morgan fingerprint density at radius 1 is 1.37 bits per heavy atom. The summed E-state index contributed by atoms with van der Waals surface area (Å²) in [5, 5.41) is 16.0. The van der Waals surface area contributed by atoms with E-state index in [0.717, 1.165) is 12.0 Å². The van der Waals surface area contributed by atoms with E-state index in [4.69, 9.17) is 9.47 Å². The number of nitrogens with one attached hydrogen (secondary N) is 2. The van der Waals surface area contributed by atoms with Gasteiger partial charge in [-0.3, -0.25) is 4.79 Å². The lowest BCUT2D eigenvalue weighted by atomic mass is 10.1. The molecule has 0 aliphatic carbocycles. The number of carbonyl (C=O) groups excluding carboxylic acids is 1. The topological polar surface area (TPSA) is 79.8 Å². The number of rotatable bonds is 4. The molecule has 1 aromatic carbocycles. The van der Waals surface area contributed by atoms with Gasteiger partial charge >= 0.3 is 0 Å². The number of phenols is 1. The van der Waals surface area contributed by atoms with Crippen LogP contribution in [0.3, 0.4) is 0 Å². The number of hydrogen-bond donors (Lipinski definition) is 3. The quantitative estimate of drug-likeness (QED) is 0.737. The van der Waals surface area contributed by atoms with Crippen LogP contribution in [0.25, 0.3) is 0 Å². The van der Waals surface area contributed by atoms with Gasteiger partial charge in [0.05, 0.1) is 0 Å². The van der Waals surface area contributed by atoms with Gasteiger partial charge in [-0.2, -0.15) is 0 Å². The summed E-state index contributed by atoms with van der Waals surface area (Å²) in [6, 6.07) is 3.53. The molecule has 102 valence electrons. The van der Waals surface area contributed by atoms with Gasteiger partial charge in [0.25, 0.3) is 0 Å². The van der Waals surface area contributed by atoms with Crippen molar-refractivity contribution < 1.29 is 19.4 Å². The zero-order valence-corrected chi connectivity index (χ0v) is 10.4. The molecule has 2 aliphatic heterocycles. The van der Waals surface area contributed by atoms with Crippen molar-refractivity contribution in [1.82, 2.24) is 10.6 Å². The molecule has 0 radical (unpaired) electrons. The smallest absolute Gasteiger partial charge is 0.231 e. The summed E-state index contributed by atoms with van der Waals surface area (Å²) in [5.41, 5.74) is 0.758. The van der Waals surface area contributed by atoms with Gasteiger partial charge in [-0.25, -0.2) is 0 Å². The molecule has 6 heteroatoms. The second kappa shape index (κ2) is 4.97. The minimum atomic E-state index is 0.109. The molecule has 1 fully saturated rings. The Labute approximate surface area is 110 Å². The molecule has 1 saturated heterocycles. The molecule has 2 aliphatic rings. The fourth-order valence-corrected chi connectivity index (χ4v) is 2.33. The minimum absolute atomic E-state index is 0.109. The Balaban J connectivity index is 1.56. The first-order valence-electron chi connectivity index (χ1n) is 6.34. The van der Waals surface area contributed by atoms with Crippen LogP contribution in [0.4, 0.5) is 0 Å². The van der Waals surface area contributed by atoms with E-state index >= 15 is 0 Å². The molecule has 1 atom stereocenters. The van der Waals surface area contributed by atoms with Gasteiger partial charge in [0, 0.05) is 37.2 Å². The average molecular weight is 264 g/mol. The lowest BCUT2D eigenvalue weighted by Crippen LogP contribution is -2.35. The van der Waals surface area contributed by atoms with Crippen molar-refractivity contribution in [3.8, 4) is 17.2 Å². The third kappa shape index (κ3) is 2.58. The van der Waals surface area contributed by atoms with Gasteiger partial charge in [0.1, 0.15) is 5.75 Å². The van der Waals surface area contributed by atoms with Gasteiger partial charge < -0.3 is 25.2 Å². The van der Waals surface area contributed by atoms with Crippen LogP contribution >= 0.6 is 0 Å². The Morgan fingerprint density at radius 3 is 2.89 bits per heavy atom. The van der Waals surface area contributed by atoms with Crippen LogP contribution in [0.5, 0.6) is 17.2 Å². The summed E-state index contributed by atoms with van der Waals surface area (Å²) in [5.74, 6) is 1.53. The molecule has 0 bridgehead atoms. The van der Waals surface area contributed by atoms with E-state index in [1.807, 2.05) is 0 Å². The highest BCUT2D eigenvalue weighted by Crippen LogP contribution is 2.37. The van der Waals surface area contributed by atoms with Crippen molar-refractivity contribution in [3.05, 3.63) is 17.7 Å². The number of ether oxygens (including phenoxy) is 2. The van der Waals surface area contributed by atoms with E-state index in [-0.39, 0.29) is 24.5 Å². The van der Waals surface area contributed by atoms with E-state index in [1.165, 1.54) is 0 Å². The zero-order chi connectivity index (χ0) is 13.2. The molecule has 3 N–H and O–H groups in total. The Morgan fingerprint density at radius 2 is 2.16 bits per heavy atom. The summed E-state index contributed by atoms with van der Waals surface area (Å²) in [6.45, 7) is 1.41. The molecule has 2 heterocycles. The number of fused-ring (bicyclic) bond motifs is 1. The highest BCUT2D eigenvalue weighted by molar-refractivity contribution is 5.78. The molecule has 0 aromatic heterocycles. The second-order valence-corrected chi connectivity index (χ2v) is 4.77. The highest BCUT2D eigenvalue weighted by Gasteiger charge is 2.20. The summed E-state index contributed by atoms with van der Waals surface area (Å²) in [7, 11) is 0. The van der Waals surface area contributed by atoms with Crippen molar-refractivity contribution in [1.29, 1.82) is 0 Å². The van der Waals surface area contributed by atoms with Crippen molar-refractivity contribution >= 4 is 5.91 Å². The predicted molar refractivity (Wildman–Crippen MR) is 67.1 cm³/mol. The monoisotopic (exact) mass is 264 g/mol. The third-order valence-electron chi connectivity index (χ3n) is 3.37. The molecule has 0 spiro atoms. The van der Waals surface area contributed by atoms with Gasteiger partial charge in [-0.05, 0) is 12.5 Å². The maximum Gasteiger partial charge on any atom is 0.231 e. The van der Waals surface area contributed by atoms with Crippen LogP contribution in [0.2, 0.25) is 0 Å². The first kappa shape index (κ1) is 12.1. The van der Waals surface area contributed by atoms with E-state index in [2.05, 4.69) is 10.6 Å². The Hall–Kier alpha value is -1.95. The highest BCUT2D eigenvalue weighted by atomic mass is 16.7. The van der Waals surface area contributed by atoms with E-state index in [1.54, 1.807) is 12.1 Å². The fourth-order valence-electron chi connectivity index (χ4n) is 2.33. The van der Waals surface area contributed by atoms with Gasteiger partial charge in [0.15, 0.2) is 11.5 Å². The summed E-state index contributed by atoms with van der Waals surface area (Å²) >= 11 is 0. The van der Waals surface area contributed by atoms with E-state index < -0.39 is 0 Å². The normalized spacial score (nSPS) is 20.6. The van der Waals surface area contributed by atoms with Crippen LogP contribution in [0.1, 0.15) is 18.4 Å². The lowest BCUT2D eigenvalue weighted by Gasteiger charge is -2.12. The maximum absolute atomic E-state index is 11.1. The SMILES string of the molecule is O=C1CCC(CNCc2cc3c(cc2O)OCO3)N1. The first-order valence-corrected chi connectivity index (χ1v) is 6.34. The van der Waals surface area contributed by atoms with Crippen molar-refractivity contribution in [3.63, 3.8) is 0 Å². The van der Waals surface area contributed by atoms with Crippen LogP contribution in [0.15, 0.2) is 12.1 Å². The lowest BCUT2D eigenvalue weighted by molar-refractivity contribution is -0.119. The summed E-state index contributed by atoms with van der Waals surface area (Å²) < 4.78 is 10.5. The fraction of sp³-hybridized carbons (Fsp3) is 0.462. The van der Waals surface area contributed by atoms with Crippen LogP contribution in [-0.2, 0) is 11.3 Å². The molecule has 6 nitrogen and oxygen atoms in total. The van der Waals surface area contributed by atoms with Crippen LogP contribution in [0, 0.1) is 0 Å². The zero-order valence-electron chi connectivity index (χ0n) is 10.4. The van der Waals surface area contributed by atoms with Gasteiger partial charge in [-0.1, -0.05) is 0 Å². The van der Waals surface area contributed by atoms with E-state index in [0.29, 0.717) is 31.0 Å². The third-order valence-corrected chi connectivity index (χ3v) is 3.37. The molecule has 0 saturated carbocycles. The predicted octanol–water partition coefficient (Wildman–Crippen LogP) is 0.489. The molecular weight excluding hydrogens is 248 g/mol. The largest absolute Gasteiger partial charge is 0.507 e. The number of hydrogen-bond acceptors (Lipinski definition) is 5. The molecule has 3 rings (SSSR count). The van der Waals surface area contributed by atoms with Gasteiger partial charge in [0.2, 0.25) is 12.7 Å². The molecule has 19 heavy (non-hydrogen) atoms. The van der Waals surface area contributed by atoms with Crippen LogP contribution < -0.4 is 20.1 Å². The Kier molecular flexibility index (Phi) is 3.16. The number of carbonyl (C=O) groups is 1.